The topological polar surface area (TPSA) is 6.48 Å². The lowest BCUT2D eigenvalue weighted by Crippen LogP contribution is -2.75. The summed E-state index contributed by atoms with van der Waals surface area (Å²) >= 11 is 3.86. The maximum Gasteiger partial charge on any atom is 0.252 e. The van der Waals surface area contributed by atoms with Crippen molar-refractivity contribution in [3.8, 4) is 0 Å². The van der Waals surface area contributed by atoms with E-state index >= 15 is 0 Å². The molecule has 4 heterocycles. The lowest BCUT2D eigenvalue weighted by molar-refractivity contribution is 0.319. The van der Waals surface area contributed by atoms with E-state index in [1.165, 1.54) is 144 Å². The summed E-state index contributed by atoms with van der Waals surface area (Å²) in [5, 5.41) is 8.27. The van der Waals surface area contributed by atoms with Crippen LogP contribution in [0.25, 0.3) is 20.2 Å². The number of hydrogen-bond acceptors (Lipinski definition) is 4. The third-order valence-electron chi connectivity index (χ3n) is 16.0. The van der Waals surface area contributed by atoms with E-state index in [1.54, 1.807) is 0 Å². The summed E-state index contributed by atoms with van der Waals surface area (Å²) in [4.78, 5) is 7.84. The van der Waals surface area contributed by atoms with Crippen molar-refractivity contribution in [2.75, 3.05) is 9.80 Å². The molecule has 0 N–H and O–H groups in total. The maximum absolute atomic E-state index is 2.93. The zero-order valence-corrected chi connectivity index (χ0v) is 41.0. The Kier molecular flexibility index (Phi) is 9.22. The second kappa shape index (κ2) is 15.5. The van der Waals surface area contributed by atoms with Crippen LogP contribution in [-0.2, 0) is 5.41 Å². The summed E-state index contributed by atoms with van der Waals surface area (Å²) in [6.07, 6.45) is 6.50. The van der Waals surface area contributed by atoms with Gasteiger partial charge in [0.15, 0.2) is 8.07 Å². The van der Waals surface area contributed by atoms with Gasteiger partial charge in [-0.2, -0.15) is 0 Å². The summed E-state index contributed by atoms with van der Waals surface area (Å²) in [6, 6.07) is 77.9. The highest BCUT2D eigenvalue weighted by Gasteiger charge is 2.48. The smallest absolute Gasteiger partial charge is 0.252 e. The van der Waals surface area contributed by atoms with Gasteiger partial charge in [0.1, 0.15) is 0 Å². The molecule has 326 valence electrons. The average Bonchev–Trinajstić information content (AvgIpc) is 3.75. The molecule has 0 saturated heterocycles. The monoisotopic (exact) mass is 924 g/mol. The molecule has 2 bridgehead atoms. The van der Waals surface area contributed by atoms with Gasteiger partial charge in [0.2, 0.25) is 0 Å². The standard InChI is InChI=1S/C62H49BN2S2Si/c1-41-36-54-61-55(37-41)65-51-23-11-13-25-57(51)67-58-26-14-15-27-60(58)68(44-18-6-3-7-19-44,45-20-8-4-9-21-45)46-32-33-49(52(65)38-46)63(61)50-40-59-48(47-22-10-12-24-56(47)66-59)39-53(50)64(54)43-30-28-42(29-31-43)62(2)34-16-5-17-35-62/h3-4,6-15,18-33,36-40H,5,16-17,34-35H2,1-2H3. The third kappa shape index (κ3) is 5.90. The van der Waals surface area contributed by atoms with E-state index in [1.807, 2.05) is 23.1 Å². The molecule has 0 spiro atoms. The molecule has 1 aromatic heterocycles. The molecule has 1 fully saturated rings. The highest BCUT2D eigenvalue weighted by Crippen LogP contribution is 2.49. The minimum atomic E-state index is -2.93. The second-order valence-corrected chi connectivity index (χ2v) is 25.8. The number of thiophene rings is 1. The molecule has 0 atom stereocenters. The fraction of sp³-hybridized carbons (Fsp3) is 0.129. The summed E-state index contributed by atoms with van der Waals surface area (Å²) in [5.74, 6) is 0. The molecule has 0 unspecified atom stereocenters. The van der Waals surface area contributed by atoms with Gasteiger partial charge in [-0.05, 0) is 140 Å². The predicted molar refractivity (Wildman–Crippen MR) is 296 cm³/mol. The molecule has 2 nitrogen and oxygen atoms in total. The summed E-state index contributed by atoms with van der Waals surface area (Å²) in [5.41, 5.74) is 14.6. The summed E-state index contributed by atoms with van der Waals surface area (Å²) in [6.45, 7) is 4.81. The van der Waals surface area contributed by atoms with Crippen molar-refractivity contribution in [3.05, 3.63) is 211 Å². The first-order chi connectivity index (χ1) is 33.5. The fourth-order valence-corrected chi connectivity index (χ4v) is 20.3. The number of benzene rings is 9. The zero-order valence-electron chi connectivity index (χ0n) is 38.4. The number of rotatable bonds is 4. The van der Waals surface area contributed by atoms with Crippen LogP contribution < -0.4 is 46.9 Å². The first-order valence-electron chi connectivity index (χ1n) is 24.4. The van der Waals surface area contributed by atoms with Gasteiger partial charge in [0, 0.05) is 58.4 Å². The largest absolute Gasteiger partial charge is 0.311 e. The van der Waals surface area contributed by atoms with Gasteiger partial charge in [-0.25, -0.2) is 0 Å². The van der Waals surface area contributed by atoms with Crippen LogP contribution in [-0.4, -0.2) is 14.8 Å². The van der Waals surface area contributed by atoms with Crippen LogP contribution in [0.4, 0.5) is 34.1 Å². The molecule has 0 amide bonds. The lowest BCUT2D eigenvalue weighted by Gasteiger charge is -2.46. The normalized spacial score (nSPS) is 16.2. The van der Waals surface area contributed by atoms with Crippen molar-refractivity contribution in [2.45, 2.75) is 61.2 Å². The number of nitrogens with zero attached hydrogens (tertiary/aromatic N) is 2. The second-order valence-electron chi connectivity index (χ2n) is 19.8. The fourth-order valence-electron chi connectivity index (χ4n) is 12.8. The molecule has 14 rings (SSSR count). The van der Waals surface area contributed by atoms with E-state index in [-0.39, 0.29) is 12.1 Å². The SMILES string of the molecule is Cc1cc2c3c(c1)N1c4ccccc4Sc4ccccc4[Si](c4ccccc4)(c4ccccc4)c4ccc(c1c4)B3c1cc3sc4ccccc4c3cc1N2c1ccc(C2(C)CCCCC2)cc1. The van der Waals surface area contributed by atoms with Crippen LogP contribution in [0.2, 0.25) is 0 Å². The molecule has 3 aliphatic heterocycles. The van der Waals surface area contributed by atoms with Crippen molar-refractivity contribution in [3.63, 3.8) is 0 Å². The Bertz CT molecular complexity index is 3600. The Hall–Kier alpha value is -6.57. The van der Waals surface area contributed by atoms with Gasteiger partial charge in [-0.1, -0.05) is 171 Å². The van der Waals surface area contributed by atoms with Crippen molar-refractivity contribution < 1.29 is 0 Å². The number of hydrogen-bond donors (Lipinski definition) is 0. The molecule has 9 aromatic carbocycles. The van der Waals surface area contributed by atoms with Crippen LogP contribution >= 0.6 is 23.1 Å². The summed E-state index contributed by atoms with van der Waals surface area (Å²) in [7, 11) is -2.93. The number of fused-ring (bicyclic) bond motifs is 11. The van der Waals surface area contributed by atoms with Crippen LogP contribution in [0.5, 0.6) is 0 Å². The first-order valence-corrected chi connectivity index (χ1v) is 28.0. The van der Waals surface area contributed by atoms with Crippen molar-refractivity contribution >= 4 is 129 Å². The van der Waals surface area contributed by atoms with Crippen LogP contribution in [0.1, 0.15) is 50.2 Å². The Balaban J connectivity index is 1.09. The quantitative estimate of drug-likeness (QED) is 0.162. The third-order valence-corrected chi connectivity index (χ3v) is 23.2. The highest BCUT2D eigenvalue weighted by atomic mass is 32.2. The van der Waals surface area contributed by atoms with Gasteiger partial charge >= 0.3 is 0 Å². The molecule has 68 heavy (non-hydrogen) atoms. The minimum absolute atomic E-state index is 0.0155. The molecule has 1 saturated carbocycles. The van der Waals surface area contributed by atoms with E-state index in [4.69, 9.17) is 0 Å². The molecule has 4 aliphatic rings. The van der Waals surface area contributed by atoms with E-state index in [0.717, 1.165) is 0 Å². The Labute approximate surface area is 409 Å². The van der Waals surface area contributed by atoms with Crippen molar-refractivity contribution in [1.82, 2.24) is 0 Å². The molecular formula is C62H49BN2S2Si. The Morgan fingerprint density at radius 2 is 1.13 bits per heavy atom. The summed E-state index contributed by atoms with van der Waals surface area (Å²) < 4.78 is 2.68. The van der Waals surface area contributed by atoms with E-state index in [2.05, 4.69) is 224 Å². The molecule has 10 aromatic rings. The van der Waals surface area contributed by atoms with Crippen molar-refractivity contribution in [1.29, 1.82) is 0 Å². The van der Waals surface area contributed by atoms with E-state index < -0.39 is 8.07 Å². The van der Waals surface area contributed by atoms with Gasteiger partial charge in [0.25, 0.3) is 6.71 Å². The number of aryl methyl sites for hydroxylation is 1. The first kappa shape index (κ1) is 40.5. The molecule has 6 heteroatoms. The Morgan fingerprint density at radius 1 is 0.485 bits per heavy atom. The van der Waals surface area contributed by atoms with E-state index in [9.17, 15) is 0 Å². The molecular weight excluding hydrogens is 876 g/mol. The minimum Gasteiger partial charge on any atom is -0.311 e. The molecule has 1 aliphatic carbocycles. The predicted octanol–water partition coefficient (Wildman–Crippen LogP) is 12.5. The average molecular weight is 925 g/mol. The number of anilines is 6. The lowest BCUT2D eigenvalue weighted by atomic mass is 9.33. The van der Waals surface area contributed by atoms with Gasteiger partial charge < -0.3 is 9.80 Å². The Morgan fingerprint density at radius 3 is 1.90 bits per heavy atom. The van der Waals surface area contributed by atoms with Gasteiger partial charge in [0.05, 0.1) is 5.69 Å². The van der Waals surface area contributed by atoms with Gasteiger partial charge in [-0.15, -0.1) is 11.3 Å². The van der Waals surface area contributed by atoms with Crippen molar-refractivity contribution in [2.24, 2.45) is 0 Å². The van der Waals surface area contributed by atoms with Crippen LogP contribution in [0.3, 0.4) is 0 Å². The van der Waals surface area contributed by atoms with Crippen LogP contribution in [0.15, 0.2) is 210 Å². The van der Waals surface area contributed by atoms with E-state index in [0.29, 0.717) is 0 Å². The molecule has 0 radical (unpaired) electrons. The van der Waals surface area contributed by atoms with Crippen LogP contribution in [0, 0.1) is 6.92 Å². The maximum atomic E-state index is 2.65. The highest BCUT2D eigenvalue weighted by molar-refractivity contribution is 7.99. The zero-order chi connectivity index (χ0) is 45.1. The van der Waals surface area contributed by atoms with Gasteiger partial charge in [-0.3, -0.25) is 0 Å². The number of para-hydroxylation sites is 1.